The predicted molar refractivity (Wildman–Crippen MR) is 93.9 cm³/mol. The Morgan fingerprint density at radius 3 is 2.38 bits per heavy atom. The van der Waals surface area contributed by atoms with Gasteiger partial charge in [0.2, 0.25) is 0 Å². The van der Waals surface area contributed by atoms with Crippen molar-refractivity contribution in [2.45, 2.75) is 83.4 Å². The molecular weight excluding hydrogens is 304 g/mol. The van der Waals surface area contributed by atoms with Gasteiger partial charge in [-0.05, 0) is 58.3 Å². The van der Waals surface area contributed by atoms with Gasteiger partial charge in [-0.15, -0.1) is 0 Å². The van der Waals surface area contributed by atoms with Crippen molar-refractivity contribution in [3.8, 4) is 0 Å². The lowest BCUT2D eigenvalue weighted by atomic mass is 9.77. The van der Waals surface area contributed by atoms with Crippen molar-refractivity contribution < 1.29 is 14.6 Å². The Kier molecular flexibility index (Phi) is 5.12. The Labute approximate surface area is 146 Å². The van der Waals surface area contributed by atoms with Crippen LogP contribution in [-0.2, 0) is 4.74 Å². The summed E-state index contributed by atoms with van der Waals surface area (Å²) in [5.74, 6) is 0. The molecule has 1 spiro atoms. The first kappa shape index (κ1) is 18.0. The van der Waals surface area contributed by atoms with E-state index in [9.17, 15) is 9.90 Å². The molecule has 1 atom stereocenters. The lowest BCUT2D eigenvalue weighted by Crippen LogP contribution is -2.46. The van der Waals surface area contributed by atoms with Gasteiger partial charge in [0.15, 0.2) is 0 Å². The second-order valence-electron chi connectivity index (χ2n) is 9.12. The predicted octanol–water partition coefficient (Wildman–Crippen LogP) is 3.01. The number of hydrogen-bond acceptors (Lipinski definition) is 4. The number of carbonyl (C=O) groups excluding carboxylic acids is 1. The van der Waals surface area contributed by atoms with Crippen molar-refractivity contribution in [2.75, 3.05) is 26.2 Å². The fraction of sp³-hybridized carbons (Fsp3) is 0.947. The van der Waals surface area contributed by atoms with Gasteiger partial charge in [0, 0.05) is 31.7 Å². The molecule has 5 nitrogen and oxygen atoms in total. The Morgan fingerprint density at radius 2 is 1.83 bits per heavy atom. The third-order valence-corrected chi connectivity index (χ3v) is 6.14. The molecule has 0 radical (unpaired) electrons. The topological polar surface area (TPSA) is 53.0 Å². The number of likely N-dealkylation sites (tertiary alicyclic amines) is 2. The van der Waals surface area contributed by atoms with Crippen LogP contribution in [0.1, 0.15) is 65.7 Å². The minimum atomic E-state index is -0.430. The first-order chi connectivity index (χ1) is 11.3. The fourth-order valence-electron chi connectivity index (χ4n) is 4.88. The van der Waals surface area contributed by atoms with Gasteiger partial charge >= 0.3 is 6.09 Å². The summed E-state index contributed by atoms with van der Waals surface area (Å²) in [6.45, 7) is 8.69. The number of amides is 1. The van der Waals surface area contributed by atoms with E-state index in [-0.39, 0.29) is 18.1 Å². The van der Waals surface area contributed by atoms with Crippen molar-refractivity contribution in [3.05, 3.63) is 0 Å². The van der Waals surface area contributed by atoms with Gasteiger partial charge in [0.1, 0.15) is 5.60 Å². The molecule has 1 N–H and O–H groups in total. The average molecular weight is 338 g/mol. The molecule has 24 heavy (non-hydrogen) atoms. The van der Waals surface area contributed by atoms with Crippen LogP contribution in [0.3, 0.4) is 0 Å². The van der Waals surface area contributed by atoms with Crippen LogP contribution in [-0.4, -0.2) is 64.9 Å². The molecule has 2 aliphatic heterocycles. The molecule has 1 unspecified atom stereocenters. The van der Waals surface area contributed by atoms with Crippen molar-refractivity contribution in [1.82, 2.24) is 9.80 Å². The molecular formula is C19H34N2O3. The maximum atomic E-state index is 12.3. The van der Waals surface area contributed by atoms with Gasteiger partial charge in [-0.1, -0.05) is 12.8 Å². The second-order valence-corrected chi connectivity index (χ2v) is 9.12. The normalized spacial score (nSPS) is 28.7. The standard InChI is InChI=1S/C19H34N2O3/c1-18(2,3)24-17(23)20-10-8-19(9-11-20)12-16(13-22)21(14-19)15-6-4-5-7-15/h15-16,22H,4-14H2,1-3H3. The highest BCUT2D eigenvalue weighted by atomic mass is 16.6. The average Bonchev–Trinajstić information content (AvgIpc) is 3.14. The molecule has 0 aromatic heterocycles. The molecule has 3 rings (SSSR count). The van der Waals surface area contributed by atoms with Crippen molar-refractivity contribution in [3.63, 3.8) is 0 Å². The summed E-state index contributed by atoms with van der Waals surface area (Å²) in [5, 5.41) is 9.85. The second kappa shape index (κ2) is 6.83. The molecule has 0 aromatic carbocycles. The largest absolute Gasteiger partial charge is 0.444 e. The Bertz CT molecular complexity index is 446. The number of aliphatic hydroxyl groups is 1. The third-order valence-electron chi connectivity index (χ3n) is 6.14. The monoisotopic (exact) mass is 338 g/mol. The smallest absolute Gasteiger partial charge is 0.410 e. The molecule has 3 aliphatic rings. The van der Waals surface area contributed by atoms with E-state index < -0.39 is 5.60 Å². The summed E-state index contributed by atoms with van der Waals surface area (Å²) in [5.41, 5.74) is -0.144. The molecule has 0 aromatic rings. The summed E-state index contributed by atoms with van der Waals surface area (Å²) in [4.78, 5) is 16.7. The number of hydrogen-bond donors (Lipinski definition) is 1. The molecule has 3 fully saturated rings. The minimum Gasteiger partial charge on any atom is -0.444 e. The minimum absolute atomic E-state index is 0.179. The molecule has 2 saturated heterocycles. The molecule has 2 heterocycles. The first-order valence-corrected chi connectivity index (χ1v) is 9.66. The van der Waals surface area contributed by atoms with E-state index >= 15 is 0 Å². The van der Waals surface area contributed by atoms with Crippen LogP contribution >= 0.6 is 0 Å². The van der Waals surface area contributed by atoms with Crippen LogP contribution < -0.4 is 0 Å². The number of carbonyl (C=O) groups is 1. The van der Waals surface area contributed by atoms with Gasteiger partial charge in [0.25, 0.3) is 0 Å². The van der Waals surface area contributed by atoms with Crippen LogP contribution in [0, 0.1) is 5.41 Å². The number of ether oxygens (including phenoxy) is 1. The SMILES string of the molecule is CC(C)(C)OC(=O)N1CCC2(CC1)CC(CO)N(C1CCCC1)C2. The molecule has 0 bridgehead atoms. The van der Waals surface area contributed by atoms with Crippen LogP contribution in [0.15, 0.2) is 0 Å². The Morgan fingerprint density at radius 1 is 1.21 bits per heavy atom. The van der Waals surface area contributed by atoms with Gasteiger partial charge in [0.05, 0.1) is 6.61 Å². The van der Waals surface area contributed by atoms with Crippen molar-refractivity contribution >= 4 is 6.09 Å². The van der Waals surface area contributed by atoms with Crippen LogP contribution in [0.2, 0.25) is 0 Å². The number of piperidine rings is 1. The lowest BCUT2D eigenvalue weighted by molar-refractivity contribution is 0.0105. The summed E-state index contributed by atoms with van der Waals surface area (Å²) < 4.78 is 5.51. The van der Waals surface area contributed by atoms with E-state index in [4.69, 9.17) is 4.74 Å². The highest BCUT2D eigenvalue weighted by molar-refractivity contribution is 5.68. The first-order valence-electron chi connectivity index (χ1n) is 9.66. The van der Waals surface area contributed by atoms with Gasteiger partial charge in [-0.2, -0.15) is 0 Å². The number of rotatable bonds is 2. The lowest BCUT2D eigenvalue weighted by Gasteiger charge is -2.40. The van der Waals surface area contributed by atoms with E-state index in [0.717, 1.165) is 38.9 Å². The highest BCUT2D eigenvalue weighted by Crippen LogP contribution is 2.45. The van der Waals surface area contributed by atoms with Crippen LogP contribution in [0.5, 0.6) is 0 Å². The van der Waals surface area contributed by atoms with E-state index in [1.165, 1.54) is 25.7 Å². The van der Waals surface area contributed by atoms with E-state index in [2.05, 4.69) is 4.90 Å². The summed E-state index contributed by atoms with van der Waals surface area (Å²) in [6.07, 6.45) is 8.21. The fourth-order valence-corrected chi connectivity index (χ4v) is 4.88. The Balaban J connectivity index is 1.58. The zero-order chi connectivity index (χ0) is 17.4. The van der Waals surface area contributed by atoms with Crippen molar-refractivity contribution in [2.24, 2.45) is 5.41 Å². The zero-order valence-electron chi connectivity index (χ0n) is 15.6. The maximum absolute atomic E-state index is 12.3. The molecule has 138 valence electrons. The molecule has 1 aliphatic carbocycles. The van der Waals surface area contributed by atoms with E-state index in [1.54, 1.807) is 0 Å². The Hall–Kier alpha value is -0.810. The quantitative estimate of drug-likeness (QED) is 0.841. The van der Waals surface area contributed by atoms with Crippen LogP contribution in [0.4, 0.5) is 4.79 Å². The molecule has 5 heteroatoms. The maximum Gasteiger partial charge on any atom is 0.410 e. The molecule has 1 amide bonds. The summed E-state index contributed by atoms with van der Waals surface area (Å²) in [7, 11) is 0. The van der Waals surface area contributed by atoms with E-state index in [1.807, 2.05) is 25.7 Å². The zero-order valence-corrected chi connectivity index (χ0v) is 15.6. The summed E-state index contributed by atoms with van der Waals surface area (Å²) >= 11 is 0. The number of aliphatic hydroxyl groups excluding tert-OH is 1. The third kappa shape index (κ3) is 3.88. The molecule has 1 saturated carbocycles. The van der Waals surface area contributed by atoms with E-state index in [0.29, 0.717) is 12.1 Å². The van der Waals surface area contributed by atoms with Gasteiger partial charge in [-0.25, -0.2) is 4.79 Å². The number of nitrogens with zero attached hydrogens (tertiary/aromatic N) is 2. The van der Waals surface area contributed by atoms with Gasteiger partial charge < -0.3 is 14.7 Å². The van der Waals surface area contributed by atoms with Gasteiger partial charge in [-0.3, -0.25) is 4.90 Å². The summed E-state index contributed by atoms with van der Waals surface area (Å²) in [6, 6.07) is 0.992. The van der Waals surface area contributed by atoms with Crippen LogP contribution in [0.25, 0.3) is 0 Å². The van der Waals surface area contributed by atoms with Crippen molar-refractivity contribution in [1.29, 1.82) is 0 Å². The highest BCUT2D eigenvalue weighted by Gasteiger charge is 2.48.